The molecule has 0 amide bonds. The summed E-state index contributed by atoms with van der Waals surface area (Å²) in [5.41, 5.74) is 0.376. The summed E-state index contributed by atoms with van der Waals surface area (Å²) in [4.78, 5) is 2.72. The molecule has 2 heteroatoms. The van der Waals surface area contributed by atoms with Crippen molar-refractivity contribution in [3.63, 3.8) is 0 Å². The fourth-order valence-electron chi connectivity index (χ4n) is 3.15. The summed E-state index contributed by atoms with van der Waals surface area (Å²) in [6.07, 6.45) is 3.77. The fourth-order valence-corrected chi connectivity index (χ4v) is 3.15. The highest BCUT2D eigenvalue weighted by molar-refractivity contribution is 4.94. The summed E-state index contributed by atoms with van der Waals surface area (Å²) in [5.74, 6) is 0.773. The second-order valence-corrected chi connectivity index (χ2v) is 5.60. The van der Waals surface area contributed by atoms with Crippen molar-refractivity contribution in [3.05, 3.63) is 0 Å². The van der Waals surface area contributed by atoms with Gasteiger partial charge in [-0.15, -0.1) is 0 Å². The molecule has 0 aromatic rings. The third-order valence-electron chi connectivity index (χ3n) is 4.42. The van der Waals surface area contributed by atoms with Gasteiger partial charge < -0.3 is 5.32 Å². The Hall–Kier alpha value is -0.0800. The highest BCUT2D eigenvalue weighted by Gasteiger charge is 2.34. The Morgan fingerprint density at radius 2 is 1.81 bits per heavy atom. The van der Waals surface area contributed by atoms with E-state index in [-0.39, 0.29) is 0 Å². The van der Waals surface area contributed by atoms with E-state index >= 15 is 0 Å². The van der Waals surface area contributed by atoms with Gasteiger partial charge in [0.2, 0.25) is 0 Å². The lowest BCUT2D eigenvalue weighted by molar-refractivity contribution is 0.0641. The molecular formula is C14H30N2. The molecular weight excluding hydrogens is 196 g/mol. The van der Waals surface area contributed by atoms with Crippen molar-refractivity contribution in [2.45, 2.75) is 65.5 Å². The van der Waals surface area contributed by atoms with Gasteiger partial charge in [0.25, 0.3) is 0 Å². The smallest absolute Gasteiger partial charge is 0.0304 e. The van der Waals surface area contributed by atoms with Crippen LogP contribution in [0.5, 0.6) is 0 Å². The Kier molecular flexibility index (Phi) is 5.26. The molecule has 1 fully saturated rings. The van der Waals surface area contributed by atoms with Crippen LogP contribution in [-0.2, 0) is 0 Å². The van der Waals surface area contributed by atoms with Crippen LogP contribution < -0.4 is 5.32 Å². The van der Waals surface area contributed by atoms with E-state index in [0.29, 0.717) is 5.54 Å². The molecule has 0 radical (unpaired) electrons. The zero-order valence-electron chi connectivity index (χ0n) is 11.8. The number of piperazine rings is 1. The van der Waals surface area contributed by atoms with Crippen molar-refractivity contribution in [2.24, 2.45) is 5.92 Å². The van der Waals surface area contributed by atoms with Crippen LogP contribution in [0.2, 0.25) is 0 Å². The number of hydrogen-bond acceptors (Lipinski definition) is 2. The van der Waals surface area contributed by atoms with Gasteiger partial charge >= 0.3 is 0 Å². The summed E-state index contributed by atoms with van der Waals surface area (Å²) < 4.78 is 0. The van der Waals surface area contributed by atoms with E-state index < -0.39 is 0 Å². The largest absolute Gasteiger partial charge is 0.309 e. The van der Waals surface area contributed by atoms with Gasteiger partial charge in [0.15, 0.2) is 0 Å². The van der Waals surface area contributed by atoms with Crippen molar-refractivity contribution < 1.29 is 0 Å². The summed E-state index contributed by atoms with van der Waals surface area (Å²) >= 11 is 0. The minimum Gasteiger partial charge on any atom is -0.309 e. The molecule has 0 saturated carbocycles. The maximum Gasteiger partial charge on any atom is 0.0304 e. The molecule has 1 unspecified atom stereocenters. The topological polar surface area (TPSA) is 15.3 Å². The van der Waals surface area contributed by atoms with Crippen LogP contribution in [0.1, 0.15) is 53.9 Å². The molecule has 0 aliphatic carbocycles. The van der Waals surface area contributed by atoms with Crippen LogP contribution in [-0.4, -0.2) is 36.1 Å². The van der Waals surface area contributed by atoms with E-state index in [9.17, 15) is 0 Å². The number of nitrogens with zero attached hydrogens (tertiary/aromatic N) is 1. The van der Waals surface area contributed by atoms with Gasteiger partial charge in [-0.3, -0.25) is 4.90 Å². The second-order valence-electron chi connectivity index (χ2n) is 5.60. The maximum absolute atomic E-state index is 3.74. The summed E-state index contributed by atoms with van der Waals surface area (Å²) in [5, 5.41) is 3.74. The van der Waals surface area contributed by atoms with Crippen molar-refractivity contribution in [1.29, 1.82) is 0 Å². The first kappa shape index (κ1) is 14.0. The molecule has 0 spiro atoms. The molecule has 1 atom stereocenters. The second kappa shape index (κ2) is 6.02. The van der Waals surface area contributed by atoms with Gasteiger partial charge in [-0.25, -0.2) is 0 Å². The average Bonchev–Trinajstić information content (AvgIpc) is 2.30. The summed E-state index contributed by atoms with van der Waals surface area (Å²) in [6, 6.07) is 0.763. The van der Waals surface area contributed by atoms with Crippen LogP contribution >= 0.6 is 0 Å². The molecule has 0 aromatic heterocycles. The van der Waals surface area contributed by atoms with Gasteiger partial charge in [-0.05, 0) is 25.2 Å². The molecule has 0 bridgehead atoms. The van der Waals surface area contributed by atoms with Gasteiger partial charge in [0, 0.05) is 31.2 Å². The minimum absolute atomic E-state index is 0.376. The minimum atomic E-state index is 0.376. The monoisotopic (exact) mass is 226 g/mol. The van der Waals surface area contributed by atoms with Gasteiger partial charge in [0.1, 0.15) is 0 Å². The Morgan fingerprint density at radius 3 is 2.25 bits per heavy atom. The molecule has 1 aliphatic heterocycles. The van der Waals surface area contributed by atoms with E-state index in [0.717, 1.165) is 18.5 Å². The summed E-state index contributed by atoms with van der Waals surface area (Å²) in [7, 11) is 0. The highest BCUT2D eigenvalue weighted by atomic mass is 15.2. The number of rotatable bonds is 5. The van der Waals surface area contributed by atoms with E-state index in [4.69, 9.17) is 0 Å². The predicted molar refractivity (Wildman–Crippen MR) is 71.8 cm³/mol. The molecule has 1 rings (SSSR count). The third-order valence-corrected chi connectivity index (χ3v) is 4.42. The molecule has 16 heavy (non-hydrogen) atoms. The molecule has 1 heterocycles. The lowest BCUT2D eigenvalue weighted by Gasteiger charge is -2.47. The number of hydrogen-bond donors (Lipinski definition) is 1. The molecule has 0 aromatic carbocycles. The normalized spacial score (nSPS) is 23.6. The fraction of sp³-hybridized carbons (Fsp3) is 1.00. The highest BCUT2D eigenvalue weighted by Crippen LogP contribution is 2.24. The van der Waals surface area contributed by atoms with E-state index in [1.54, 1.807) is 0 Å². The molecule has 1 saturated heterocycles. The first-order valence-corrected chi connectivity index (χ1v) is 7.07. The van der Waals surface area contributed by atoms with Crippen molar-refractivity contribution in [1.82, 2.24) is 10.2 Å². The lowest BCUT2D eigenvalue weighted by Crippen LogP contribution is -2.62. The quantitative estimate of drug-likeness (QED) is 0.775. The Bertz CT molecular complexity index is 197. The predicted octanol–water partition coefficient (Wildman–Crippen LogP) is 2.89. The maximum atomic E-state index is 3.74. The van der Waals surface area contributed by atoms with Crippen molar-refractivity contribution in [3.8, 4) is 0 Å². The van der Waals surface area contributed by atoms with Crippen LogP contribution in [0.4, 0.5) is 0 Å². The zero-order valence-corrected chi connectivity index (χ0v) is 11.8. The Labute approximate surface area is 102 Å². The van der Waals surface area contributed by atoms with Crippen LogP contribution in [0.25, 0.3) is 0 Å². The molecule has 1 aliphatic rings. The molecule has 2 nitrogen and oxygen atoms in total. The standard InChI is InChI=1S/C14H30N2/c1-6-13(12(4)5)16-10-9-15-14(7-2,8-3)11-16/h12-13,15H,6-11H2,1-5H3. The van der Waals surface area contributed by atoms with Crippen LogP contribution in [0.15, 0.2) is 0 Å². The van der Waals surface area contributed by atoms with E-state index in [1.807, 2.05) is 0 Å². The Balaban J connectivity index is 2.68. The summed E-state index contributed by atoms with van der Waals surface area (Å²) in [6.45, 7) is 15.3. The lowest BCUT2D eigenvalue weighted by atomic mass is 9.88. The van der Waals surface area contributed by atoms with Crippen molar-refractivity contribution in [2.75, 3.05) is 19.6 Å². The SMILES string of the molecule is CCC(C(C)C)N1CCNC(CC)(CC)C1. The van der Waals surface area contributed by atoms with Gasteiger partial charge in [-0.1, -0.05) is 34.6 Å². The van der Waals surface area contributed by atoms with Crippen LogP contribution in [0.3, 0.4) is 0 Å². The average molecular weight is 226 g/mol. The first-order valence-electron chi connectivity index (χ1n) is 7.07. The van der Waals surface area contributed by atoms with E-state index in [1.165, 1.54) is 32.4 Å². The Morgan fingerprint density at radius 1 is 1.19 bits per heavy atom. The first-order chi connectivity index (χ1) is 7.58. The van der Waals surface area contributed by atoms with Gasteiger partial charge in [-0.2, -0.15) is 0 Å². The van der Waals surface area contributed by atoms with Crippen molar-refractivity contribution >= 4 is 0 Å². The van der Waals surface area contributed by atoms with E-state index in [2.05, 4.69) is 44.8 Å². The van der Waals surface area contributed by atoms with Crippen LogP contribution in [0, 0.1) is 5.92 Å². The zero-order chi connectivity index (χ0) is 12.2. The third kappa shape index (κ3) is 2.98. The molecule has 96 valence electrons. The molecule has 1 N–H and O–H groups in total. The van der Waals surface area contributed by atoms with Gasteiger partial charge in [0.05, 0.1) is 0 Å². The number of nitrogens with one attached hydrogen (secondary N) is 1.